The molecule has 128 valence electrons. The average molecular weight is 370 g/mol. The van der Waals surface area contributed by atoms with Gasteiger partial charge in [-0.05, 0) is 26.3 Å². The summed E-state index contributed by atoms with van der Waals surface area (Å²) in [4.78, 5) is 37.6. The number of hydrogen-bond acceptors (Lipinski definition) is 5. The molecule has 1 unspecified atom stereocenters. The number of carboxylic acid groups (broad SMARTS) is 1. The number of amides is 2. The molecule has 1 aromatic rings. The zero-order valence-corrected chi connectivity index (χ0v) is 17.6. The molecular weight excluding hydrogens is 351 g/mol. The number of carbonyl (C=O) groups is 3. The van der Waals surface area contributed by atoms with Crippen LogP contribution in [0.25, 0.3) is 0 Å². The van der Waals surface area contributed by atoms with Gasteiger partial charge in [0.2, 0.25) is 5.91 Å². The number of fused-ring (bicyclic) bond motifs is 1. The minimum Gasteiger partial charge on any atom is -0.548 e. The maximum absolute atomic E-state index is 12.6. The van der Waals surface area contributed by atoms with E-state index in [1.807, 2.05) is 30.3 Å². The van der Waals surface area contributed by atoms with Crippen LogP contribution >= 0.6 is 11.8 Å². The fraction of sp³-hybridized carbons (Fsp3) is 0.471. The number of benzene rings is 1. The Morgan fingerprint density at radius 2 is 1.84 bits per heavy atom. The van der Waals surface area contributed by atoms with E-state index in [0.717, 1.165) is 5.56 Å². The molecule has 2 saturated heterocycles. The number of hydrogen-bond donors (Lipinski definition) is 1. The second-order valence-electron chi connectivity index (χ2n) is 6.92. The van der Waals surface area contributed by atoms with Crippen LogP contribution in [0, 0.1) is 0 Å². The van der Waals surface area contributed by atoms with Crippen LogP contribution in [0.1, 0.15) is 26.3 Å². The molecular formula is C17H19N2NaO4S. The van der Waals surface area contributed by atoms with Gasteiger partial charge in [-0.3, -0.25) is 9.59 Å². The van der Waals surface area contributed by atoms with E-state index in [2.05, 4.69) is 5.32 Å². The van der Waals surface area contributed by atoms with Gasteiger partial charge < -0.3 is 20.1 Å². The van der Waals surface area contributed by atoms with Gasteiger partial charge in [0.15, 0.2) is 0 Å². The summed E-state index contributed by atoms with van der Waals surface area (Å²) in [5, 5.41) is 13.8. The van der Waals surface area contributed by atoms with Crippen molar-refractivity contribution in [2.45, 2.75) is 48.9 Å². The standard InChI is InChI=1S/C17H20N2O4S.Na/c1-16(2)12(13(21)22)19-14(23)17(3,15(19)24-16)18-11(20)9-10-7-5-4-6-8-10;/h4-8,12,15H,9H2,1-3H3,(H,18,20)(H,21,22);/q;+1/p-1/t12-,15+,17?;/m0./s1. The van der Waals surface area contributed by atoms with Crippen LogP contribution in [-0.4, -0.2) is 44.4 Å². The van der Waals surface area contributed by atoms with Crippen molar-refractivity contribution in [1.82, 2.24) is 10.2 Å². The smallest absolute Gasteiger partial charge is 0.548 e. The van der Waals surface area contributed by atoms with Crippen molar-refractivity contribution in [3.05, 3.63) is 35.9 Å². The molecule has 2 aliphatic rings. The number of β-lactam (4-membered cyclic amide) rings is 1. The Morgan fingerprint density at radius 3 is 2.40 bits per heavy atom. The van der Waals surface area contributed by atoms with E-state index in [0.29, 0.717) is 0 Å². The van der Waals surface area contributed by atoms with Gasteiger partial charge in [-0.15, -0.1) is 11.8 Å². The topological polar surface area (TPSA) is 89.5 Å². The van der Waals surface area contributed by atoms with E-state index in [1.54, 1.807) is 20.8 Å². The molecule has 0 saturated carbocycles. The first-order chi connectivity index (χ1) is 11.2. The summed E-state index contributed by atoms with van der Waals surface area (Å²) in [6.07, 6.45) is 0.175. The van der Waals surface area contributed by atoms with Gasteiger partial charge in [0, 0.05) is 4.75 Å². The molecule has 0 aromatic heterocycles. The third-order valence-corrected chi connectivity index (χ3v) is 6.36. The zero-order valence-electron chi connectivity index (χ0n) is 14.7. The fourth-order valence-corrected chi connectivity index (χ4v) is 5.07. The predicted molar refractivity (Wildman–Crippen MR) is 87.8 cm³/mol. The molecule has 0 bridgehead atoms. The largest absolute Gasteiger partial charge is 1.00 e. The summed E-state index contributed by atoms with van der Waals surface area (Å²) in [5.41, 5.74) is -0.230. The molecule has 0 aliphatic carbocycles. The maximum atomic E-state index is 12.6. The number of aliphatic carboxylic acids is 1. The van der Waals surface area contributed by atoms with Gasteiger partial charge in [0.1, 0.15) is 10.9 Å². The summed E-state index contributed by atoms with van der Waals surface area (Å²) in [6.45, 7) is 5.20. The Hall–Kier alpha value is -1.02. The van der Waals surface area contributed by atoms with Gasteiger partial charge in [-0.1, -0.05) is 30.3 Å². The minimum absolute atomic E-state index is 0. The van der Waals surface area contributed by atoms with Gasteiger partial charge in [-0.2, -0.15) is 0 Å². The molecule has 2 heterocycles. The number of nitrogens with one attached hydrogen (secondary N) is 1. The fourth-order valence-electron chi connectivity index (χ4n) is 3.43. The molecule has 2 amide bonds. The number of nitrogens with zero attached hydrogens (tertiary/aromatic N) is 1. The van der Waals surface area contributed by atoms with Gasteiger partial charge in [0.05, 0.1) is 18.4 Å². The summed E-state index contributed by atoms with van der Waals surface area (Å²) in [5.74, 6) is -1.89. The van der Waals surface area contributed by atoms with Gasteiger partial charge in [0.25, 0.3) is 5.91 Å². The Balaban J connectivity index is 0.00000225. The Labute approximate surface area is 173 Å². The summed E-state index contributed by atoms with van der Waals surface area (Å²) in [7, 11) is 0. The van der Waals surface area contributed by atoms with E-state index < -0.39 is 27.7 Å². The van der Waals surface area contributed by atoms with Crippen LogP contribution in [-0.2, 0) is 20.8 Å². The van der Waals surface area contributed by atoms with Crippen LogP contribution in [0.5, 0.6) is 0 Å². The second-order valence-corrected chi connectivity index (χ2v) is 8.65. The van der Waals surface area contributed by atoms with E-state index in [4.69, 9.17) is 0 Å². The molecule has 8 heteroatoms. The Kier molecular flexibility index (Phi) is 5.64. The maximum Gasteiger partial charge on any atom is 1.00 e. The number of rotatable bonds is 4. The minimum atomic E-state index is -1.26. The van der Waals surface area contributed by atoms with Crippen molar-refractivity contribution >= 4 is 29.5 Å². The first-order valence-electron chi connectivity index (χ1n) is 7.73. The van der Waals surface area contributed by atoms with Crippen LogP contribution in [0.2, 0.25) is 0 Å². The van der Waals surface area contributed by atoms with Gasteiger partial charge in [-0.25, -0.2) is 0 Å². The predicted octanol–water partition coefficient (Wildman–Crippen LogP) is -3.08. The number of thioether (sulfide) groups is 1. The summed E-state index contributed by atoms with van der Waals surface area (Å²) < 4.78 is -0.666. The molecule has 3 atom stereocenters. The number of carboxylic acids is 1. The molecule has 2 fully saturated rings. The van der Waals surface area contributed by atoms with Crippen molar-refractivity contribution in [1.29, 1.82) is 0 Å². The van der Waals surface area contributed by atoms with E-state index >= 15 is 0 Å². The monoisotopic (exact) mass is 370 g/mol. The van der Waals surface area contributed by atoms with Crippen molar-refractivity contribution in [2.24, 2.45) is 0 Å². The molecule has 2 aliphatic heterocycles. The molecule has 1 aromatic carbocycles. The summed E-state index contributed by atoms with van der Waals surface area (Å²) in [6, 6.07) is 8.26. The summed E-state index contributed by atoms with van der Waals surface area (Å²) >= 11 is 1.38. The third kappa shape index (κ3) is 3.35. The van der Waals surface area contributed by atoms with Crippen molar-refractivity contribution < 1.29 is 49.0 Å². The second kappa shape index (κ2) is 6.95. The van der Waals surface area contributed by atoms with Crippen LogP contribution in [0.15, 0.2) is 30.3 Å². The van der Waals surface area contributed by atoms with Gasteiger partial charge >= 0.3 is 29.6 Å². The van der Waals surface area contributed by atoms with Crippen molar-refractivity contribution in [3.8, 4) is 0 Å². The first-order valence-corrected chi connectivity index (χ1v) is 8.61. The Morgan fingerprint density at radius 1 is 1.24 bits per heavy atom. The zero-order chi connectivity index (χ0) is 17.7. The van der Waals surface area contributed by atoms with Crippen molar-refractivity contribution in [2.75, 3.05) is 0 Å². The molecule has 0 spiro atoms. The van der Waals surface area contributed by atoms with E-state index in [9.17, 15) is 19.5 Å². The normalized spacial score (nSPS) is 29.2. The van der Waals surface area contributed by atoms with Crippen molar-refractivity contribution in [3.63, 3.8) is 0 Å². The SMILES string of the molecule is CC1(C)S[C@H]2N(C(=O)C2(C)NC(=O)Cc2ccccc2)[C@H]1C(=O)[O-].[Na+]. The van der Waals surface area contributed by atoms with Crippen LogP contribution in [0.3, 0.4) is 0 Å². The molecule has 0 radical (unpaired) electrons. The first kappa shape index (κ1) is 20.3. The number of carbonyl (C=O) groups excluding carboxylic acids is 3. The Bertz CT molecular complexity index is 712. The molecule has 1 N–H and O–H groups in total. The van der Waals surface area contributed by atoms with Crippen LogP contribution < -0.4 is 40.0 Å². The quantitative estimate of drug-likeness (QED) is 0.449. The molecule has 3 rings (SSSR count). The molecule has 25 heavy (non-hydrogen) atoms. The third-order valence-electron chi connectivity index (χ3n) is 4.61. The van der Waals surface area contributed by atoms with E-state index in [1.165, 1.54) is 16.7 Å². The van der Waals surface area contributed by atoms with Crippen LogP contribution in [0.4, 0.5) is 0 Å². The molecule has 6 nitrogen and oxygen atoms in total. The average Bonchev–Trinajstić information content (AvgIpc) is 2.77. The van der Waals surface area contributed by atoms with E-state index in [-0.39, 0.29) is 47.8 Å².